The monoisotopic (exact) mass is 372 g/mol. The van der Waals surface area contributed by atoms with Gasteiger partial charge in [0.05, 0.1) is 6.54 Å². The molecule has 1 aliphatic carbocycles. The van der Waals surface area contributed by atoms with E-state index in [1.807, 2.05) is 11.4 Å². The van der Waals surface area contributed by atoms with Crippen molar-refractivity contribution in [3.63, 3.8) is 0 Å². The Hall–Kier alpha value is -1.08. The molecule has 0 radical (unpaired) electrons. The lowest BCUT2D eigenvalue weighted by Gasteiger charge is -2.24. The van der Waals surface area contributed by atoms with Crippen molar-refractivity contribution >= 4 is 39.3 Å². The number of carboxylic acid groups (broad SMARTS) is 1. The quantitative estimate of drug-likeness (QED) is 0.856. The third-order valence-electron chi connectivity index (χ3n) is 4.50. The molecule has 1 aromatic rings. The predicted octanol–water partition coefficient (Wildman–Crippen LogP) is 2.91. The second kappa shape index (κ2) is 5.96. The zero-order valence-electron chi connectivity index (χ0n) is 11.4. The molecule has 2 heterocycles. The van der Waals surface area contributed by atoms with E-state index in [2.05, 4.69) is 21.2 Å². The van der Waals surface area contributed by atoms with Crippen LogP contribution in [0, 0.1) is 11.8 Å². The van der Waals surface area contributed by atoms with Gasteiger partial charge in [-0.1, -0.05) is 6.42 Å². The Bertz CT molecular complexity index is 562. The molecule has 1 aliphatic heterocycles. The van der Waals surface area contributed by atoms with Gasteiger partial charge in [0.1, 0.15) is 6.04 Å². The van der Waals surface area contributed by atoms with Crippen LogP contribution in [0.1, 0.15) is 24.1 Å². The topological polar surface area (TPSA) is 69.6 Å². The highest BCUT2D eigenvalue weighted by atomic mass is 79.9. The molecule has 0 spiro atoms. The van der Waals surface area contributed by atoms with Crippen molar-refractivity contribution < 1.29 is 14.7 Å². The summed E-state index contributed by atoms with van der Waals surface area (Å²) in [6, 6.07) is 1.01. The van der Waals surface area contributed by atoms with Gasteiger partial charge in [0.15, 0.2) is 0 Å². The smallest absolute Gasteiger partial charge is 0.326 e. The number of thiophene rings is 1. The van der Waals surface area contributed by atoms with Crippen LogP contribution in [0.15, 0.2) is 15.9 Å². The summed E-state index contributed by atoms with van der Waals surface area (Å²) in [6.45, 7) is 0.994. The first-order chi connectivity index (χ1) is 10.1. The third kappa shape index (κ3) is 2.81. The van der Waals surface area contributed by atoms with E-state index in [0.717, 1.165) is 28.6 Å². The van der Waals surface area contributed by atoms with Crippen LogP contribution in [0.5, 0.6) is 0 Å². The van der Waals surface area contributed by atoms with Crippen molar-refractivity contribution in [3.05, 3.63) is 20.8 Å². The minimum Gasteiger partial charge on any atom is -0.480 e. The normalized spacial score (nSPS) is 27.7. The third-order valence-corrected chi connectivity index (χ3v) is 6.42. The number of nitrogens with one attached hydrogen (secondary N) is 1. The lowest BCUT2D eigenvalue weighted by molar-refractivity contribution is -0.142. The van der Waals surface area contributed by atoms with E-state index in [1.165, 1.54) is 4.90 Å². The number of carboxylic acids is 1. The number of likely N-dealkylation sites (tertiary alicyclic amines) is 1. The van der Waals surface area contributed by atoms with Crippen molar-refractivity contribution in [2.75, 3.05) is 6.54 Å². The maximum Gasteiger partial charge on any atom is 0.326 e. The summed E-state index contributed by atoms with van der Waals surface area (Å²) >= 11 is 4.99. The molecule has 0 aromatic carbocycles. The van der Waals surface area contributed by atoms with E-state index in [0.29, 0.717) is 19.0 Å². The molecule has 7 heteroatoms. The number of hydrogen-bond donors (Lipinski definition) is 2. The maximum atomic E-state index is 12.3. The Kier molecular flexibility index (Phi) is 4.21. The fourth-order valence-electron chi connectivity index (χ4n) is 3.54. The van der Waals surface area contributed by atoms with Crippen LogP contribution >= 0.6 is 27.3 Å². The first kappa shape index (κ1) is 14.8. The number of amides is 2. The van der Waals surface area contributed by atoms with E-state index >= 15 is 0 Å². The minimum atomic E-state index is -0.878. The summed E-state index contributed by atoms with van der Waals surface area (Å²) in [4.78, 5) is 26.4. The van der Waals surface area contributed by atoms with Gasteiger partial charge in [-0.25, -0.2) is 9.59 Å². The van der Waals surface area contributed by atoms with Crippen LogP contribution in [0.25, 0.3) is 0 Å². The zero-order chi connectivity index (χ0) is 15.0. The minimum absolute atomic E-state index is 0.127. The summed E-state index contributed by atoms with van der Waals surface area (Å²) in [5.74, 6) is -0.399. The lowest BCUT2D eigenvalue weighted by Crippen LogP contribution is -2.47. The number of aliphatic carboxylic acids is 1. The highest BCUT2D eigenvalue weighted by molar-refractivity contribution is 9.10. The Morgan fingerprint density at radius 3 is 2.95 bits per heavy atom. The summed E-state index contributed by atoms with van der Waals surface area (Å²) in [5.41, 5.74) is 0. The van der Waals surface area contributed by atoms with E-state index in [-0.39, 0.29) is 11.9 Å². The van der Waals surface area contributed by atoms with Gasteiger partial charge in [-0.15, -0.1) is 11.3 Å². The first-order valence-electron chi connectivity index (χ1n) is 7.07. The molecule has 5 nitrogen and oxygen atoms in total. The van der Waals surface area contributed by atoms with Gasteiger partial charge in [-0.2, -0.15) is 0 Å². The Labute approximate surface area is 135 Å². The fourth-order valence-corrected chi connectivity index (χ4v) is 4.97. The highest BCUT2D eigenvalue weighted by Gasteiger charge is 2.49. The van der Waals surface area contributed by atoms with Crippen molar-refractivity contribution in [3.8, 4) is 0 Å². The molecule has 21 heavy (non-hydrogen) atoms. The van der Waals surface area contributed by atoms with Gasteiger partial charge in [0.25, 0.3) is 0 Å². The summed E-state index contributed by atoms with van der Waals surface area (Å²) in [5, 5.41) is 14.2. The molecule has 2 aliphatic rings. The van der Waals surface area contributed by atoms with Gasteiger partial charge >= 0.3 is 12.0 Å². The van der Waals surface area contributed by atoms with Crippen molar-refractivity contribution in [1.82, 2.24) is 10.2 Å². The molecule has 114 valence electrons. The molecule has 3 rings (SSSR count). The SMILES string of the molecule is O=C(O)C1C2CCCC2CN1C(=O)NCc1sccc1Br. The number of nitrogens with zero attached hydrogens (tertiary/aromatic N) is 1. The molecule has 2 fully saturated rings. The molecular formula is C14H17BrN2O3S. The van der Waals surface area contributed by atoms with Gasteiger partial charge in [-0.3, -0.25) is 0 Å². The number of rotatable bonds is 3. The molecule has 2 amide bonds. The molecule has 1 saturated carbocycles. The van der Waals surface area contributed by atoms with Crippen LogP contribution in [0.3, 0.4) is 0 Å². The van der Waals surface area contributed by atoms with E-state index in [1.54, 1.807) is 11.3 Å². The molecule has 3 unspecified atom stereocenters. The van der Waals surface area contributed by atoms with Crippen molar-refractivity contribution in [2.24, 2.45) is 11.8 Å². The summed E-state index contributed by atoms with van der Waals surface area (Å²) < 4.78 is 0.973. The average molecular weight is 373 g/mol. The van der Waals surface area contributed by atoms with Crippen LogP contribution in [0.4, 0.5) is 4.79 Å². The van der Waals surface area contributed by atoms with Gasteiger partial charge in [0, 0.05) is 15.9 Å². The predicted molar refractivity (Wildman–Crippen MR) is 83.2 cm³/mol. The first-order valence-corrected chi connectivity index (χ1v) is 8.74. The maximum absolute atomic E-state index is 12.3. The largest absolute Gasteiger partial charge is 0.480 e. The summed E-state index contributed by atoms with van der Waals surface area (Å²) in [6.07, 6.45) is 3.04. The van der Waals surface area contributed by atoms with E-state index in [4.69, 9.17) is 0 Å². The molecular weight excluding hydrogens is 356 g/mol. The number of urea groups is 1. The zero-order valence-corrected chi connectivity index (χ0v) is 13.8. The standard InChI is InChI=1S/C14H17BrN2O3S/c15-10-4-5-21-11(10)6-16-14(20)17-7-8-2-1-3-9(8)12(17)13(18)19/h4-5,8-9,12H,1-3,6-7H2,(H,16,20)(H,18,19). The number of fused-ring (bicyclic) bond motifs is 1. The molecule has 3 atom stereocenters. The van der Waals surface area contributed by atoms with E-state index < -0.39 is 12.0 Å². The molecule has 1 saturated heterocycles. The Morgan fingerprint density at radius 1 is 1.48 bits per heavy atom. The van der Waals surface area contributed by atoms with Crippen LogP contribution in [-0.4, -0.2) is 34.6 Å². The Morgan fingerprint density at radius 2 is 2.29 bits per heavy atom. The van der Waals surface area contributed by atoms with Crippen molar-refractivity contribution in [1.29, 1.82) is 0 Å². The van der Waals surface area contributed by atoms with Crippen molar-refractivity contribution in [2.45, 2.75) is 31.8 Å². The second-order valence-electron chi connectivity index (χ2n) is 5.64. The number of hydrogen-bond acceptors (Lipinski definition) is 3. The average Bonchev–Trinajstić information content (AvgIpc) is 3.10. The number of halogens is 1. The van der Waals surface area contributed by atoms with Gasteiger partial charge in [-0.05, 0) is 52.1 Å². The molecule has 0 bridgehead atoms. The number of carbonyl (C=O) groups is 2. The molecule has 2 N–H and O–H groups in total. The van der Waals surface area contributed by atoms with Gasteiger partial charge in [0.2, 0.25) is 0 Å². The fraction of sp³-hybridized carbons (Fsp3) is 0.571. The van der Waals surface area contributed by atoms with Crippen LogP contribution < -0.4 is 5.32 Å². The highest BCUT2D eigenvalue weighted by Crippen LogP contribution is 2.42. The number of carbonyl (C=O) groups excluding carboxylic acids is 1. The van der Waals surface area contributed by atoms with Gasteiger partial charge < -0.3 is 15.3 Å². The molecule has 1 aromatic heterocycles. The van der Waals surface area contributed by atoms with Crippen LogP contribution in [-0.2, 0) is 11.3 Å². The Balaban J connectivity index is 1.66. The summed E-state index contributed by atoms with van der Waals surface area (Å²) in [7, 11) is 0. The lowest BCUT2D eigenvalue weighted by atomic mass is 9.94. The second-order valence-corrected chi connectivity index (χ2v) is 7.50. The van der Waals surface area contributed by atoms with Crippen LogP contribution in [0.2, 0.25) is 0 Å². The van der Waals surface area contributed by atoms with E-state index in [9.17, 15) is 14.7 Å².